The molecule has 110 valence electrons. The van der Waals surface area contributed by atoms with Crippen LogP contribution in [0.1, 0.15) is 37.7 Å². The second-order valence-electron chi connectivity index (χ2n) is 5.92. The molecule has 0 bridgehead atoms. The zero-order chi connectivity index (χ0) is 13.9. The number of fused-ring (bicyclic) bond motifs is 1. The highest BCUT2D eigenvalue weighted by molar-refractivity contribution is 5.37. The molecule has 1 aromatic rings. The second kappa shape index (κ2) is 6.10. The molecule has 1 aromatic carbocycles. The number of aliphatic hydroxyl groups excluding tert-OH is 1. The molecule has 2 N–H and O–H groups in total. The smallest absolute Gasteiger partial charge is 0.123 e. The summed E-state index contributed by atoms with van der Waals surface area (Å²) in [5.41, 5.74) is 0.943. The van der Waals surface area contributed by atoms with E-state index in [0.717, 1.165) is 37.0 Å². The molecule has 3 rings (SSSR count). The molecule has 3 atom stereocenters. The third-order valence-corrected chi connectivity index (χ3v) is 4.35. The van der Waals surface area contributed by atoms with Crippen LogP contribution in [0.2, 0.25) is 0 Å². The first-order valence-electron chi connectivity index (χ1n) is 7.59. The van der Waals surface area contributed by atoms with Crippen molar-refractivity contribution in [1.82, 2.24) is 5.32 Å². The molecule has 0 amide bonds. The van der Waals surface area contributed by atoms with Crippen LogP contribution in [0.5, 0.6) is 5.75 Å². The summed E-state index contributed by atoms with van der Waals surface area (Å²) in [6.07, 6.45) is 5.93. The fourth-order valence-corrected chi connectivity index (χ4v) is 3.21. The van der Waals surface area contributed by atoms with Crippen LogP contribution in [-0.2, 0) is 6.42 Å². The zero-order valence-electron chi connectivity index (χ0n) is 11.6. The van der Waals surface area contributed by atoms with Crippen LogP contribution in [0.15, 0.2) is 18.2 Å². The van der Waals surface area contributed by atoms with Crippen LogP contribution in [0, 0.1) is 5.82 Å². The third kappa shape index (κ3) is 3.13. The maximum atomic E-state index is 13.2. The molecule has 4 heteroatoms. The number of ether oxygens (including phenoxy) is 1. The highest BCUT2D eigenvalue weighted by Gasteiger charge is 2.26. The first-order chi connectivity index (χ1) is 9.72. The first kappa shape index (κ1) is 13.8. The van der Waals surface area contributed by atoms with Gasteiger partial charge >= 0.3 is 0 Å². The zero-order valence-corrected chi connectivity index (χ0v) is 11.6. The lowest BCUT2D eigenvalue weighted by Crippen LogP contribution is -2.43. The van der Waals surface area contributed by atoms with E-state index in [0.29, 0.717) is 6.54 Å². The van der Waals surface area contributed by atoms with E-state index in [1.54, 1.807) is 12.1 Å². The molecule has 1 fully saturated rings. The van der Waals surface area contributed by atoms with Gasteiger partial charge in [-0.25, -0.2) is 4.39 Å². The lowest BCUT2D eigenvalue weighted by molar-refractivity contribution is 0.112. The monoisotopic (exact) mass is 279 g/mol. The average Bonchev–Trinajstić information content (AvgIpc) is 2.71. The lowest BCUT2D eigenvalue weighted by Gasteiger charge is -2.23. The summed E-state index contributed by atoms with van der Waals surface area (Å²) < 4.78 is 19.0. The maximum absolute atomic E-state index is 13.2. The second-order valence-corrected chi connectivity index (χ2v) is 5.92. The van der Waals surface area contributed by atoms with Gasteiger partial charge in [0.05, 0.1) is 6.10 Å². The largest absolute Gasteiger partial charge is 0.488 e. The van der Waals surface area contributed by atoms with Crippen LogP contribution in [0.25, 0.3) is 0 Å². The van der Waals surface area contributed by atoms with E-state index in [1.807, 2.05) is 0 Å². The number of nitrogens with one attached hydrogen (secondary N) is 1. The average molecular weight is 279 g/mol. The standard InChI is InChI=1S/C16H22FNO2/c17-12-6-7-16-11(8-12)9-13(20-16)10-18-14-4-2-1-3-5-15(14)19/h6-8,13-15,18-19H,1-5,9-10H2. The summed E-state index contributed by atoms with van der Waals surface area (Å²) in [7, 11) is 0. The van der Waals surface area contributed by atoms with Gasteiger partial charge in [-0.3, -0.25) is 0 Å². The van der Waals surface area contributed by atoms with Gasteiger partial charge in [0, 0.05) is 24.6 Å². The minimum atomic E-state index is -0.251. The van der Waals surface area contributed by atoms with E-state index in [2.05, 4.69) is 5.32 Å². The number of halogens is 1. The van der Waals surface area contributed by atoms with Crippen LogP contribution < -0.4 is 10.1 Å². The SMILES string of the molecule is OC1CCCCCC1NCC1Cc2cc(F)ccc2O1. The van der Waals surface area contributed by atoms with Crippen LogP contribution >= 0.6 is 0 Å². The van der Waals surface area contributed by atoms with Crippen molar-refractivity contribution in [2.75, 3.05) is 6.54 Å². The van der Waals surface area contributed by atoms with E-state index >= 15 is 0 Å². The Kier molecular flexibility index (Phi) is 4.22. The Labute approximate surface area is 119 Å². The molecule has 1 heterocycles. The van der Waals surface area contributed by atoms with E-state index in [4.69, 9.17) is 4.74 Å². The van der Waals surface area contributed by atoms with Gasteiger partial charge in [0.25, 0.3) is 0 Å². The maximum Gasteiger partial charge on any atom is 0.123 e. The summed E-state index contributed by atoms with van der Waals surface area (Å²) >= 11 is 0. The van der Waals surface area contributed by atoms with Gasteiger partial charge in [0.15, 0.2) is 0 Å². The van der Waals surface area contributed by atoms with Crippen molar-refractivity contribution in [3.63, 3.8) is 0 Å². The predicted octanol–water partition coefficient (Wildman–Crippen LogP) is 2.41. The number of aliphatic hydroxyl groups is 1. The summed E-state index contributed by atoms with van der Waals surface area (Å²) in [5.74, 6) is 0.583. The number of hydrogen-bond donors (Lipinski definition) is 2. The molecule has 3 nitrogen and oxygen atoms in total. The van der Waals surface area contributed by atoms with E-state index in [-0.39, 0.29) is 24.1 Å². The first-order valence-corrected chi connectivity index (χ1v) is 7.59. The van der Waals surface area contributed by atoms with Gasteiger partial charge < -0.3 is 15.2 Å². The molecule has 1 saturated carbocycles. The van der Waals surface area contributed by atoms with Crippen molar-refractivity contribution in [3.05, 3.63) is 29.6 Å². The van der Waals surface area contributed by atoms with E-state index in [1.165, 1.54) is 18.9 Å². The summed E-state index contributed by atoms with van der Waals surface area (Å²) in [6.45, 7) is 0.706. The topological polar surface area (TPSA) is 41.5 Å². The summed E-state index contributed by atoms with van der Waals surface area (Å²) in [5, 5.41) is 13.5. The van der Waals surface area contributed by atoms with Gasteiger partial charge in [-0.2, -0.15) is 0 Å². The van der Waals surface area contributed by atoms with E-state index in [9.17, 15) is 9.50 Å². The van der Waals surface area contributed by atoms with Crippen LogP contribution in [0.4, 0.5) is 4.39 Å². The number of hydrogen-bond acceptors (Lipinski definition) is 3. The predicted molar refractivity (Wildman–Crippen MR) is 75.4 cm³/mol. The van der Waals surface area contributed by atoms with Crippen molar-refractivity contribution in [1.29, 1.82) is 0 Å². The lowest BCUT2D eigenvalue weighted by atomic mass is 10.1. The Balaban J connectivity index is 1.53. The molecule has 0 radical (unpaired) electrons. The van der Waals surface area contributed by atoms with E-state index < -0.39 is 0 Å². The minimum Gasteiger partial charge on any atom is -0.488 e. The van der Waals surface area contributed by atoms with Crippen molar-refractivity contribution >= 4 is 0 Å². The summed E-state index contributed by atoms with van der Waals surface area (Å²) in [4.78, 5) is 0. The Morgan fingerprint density at radius 3 is 3.00 bits per heavy atom. The van der Waals surface area contributed by atoms with Crippen molar-refractivity contribution in [3.8, 4) is 5.75 Å². The van der Waals surface area contributed by atoms with Gasteiger partial charge in [0.2, 0.25) is 0 Å². The quantitative estimate of drug-likeness (QED) is 0.835. The van der Waals surface area contributed by atoms with Crippen molar-refractivity contribution in [2.45, 2.75) is 56.8 Å². The molecular weight excluding hydrogens is 257 g/mol. The number of rotatable bonds is 3. The summed E-state index contributed by atoms with van der Waals surface area (Å²) in [6, 6.07) is 4.85. The molecule has 2 aliphatic rings. The molecule has 0 saturated heterocycles. The van der Waals surface area contributed by atoms with Gasteiger partial charge in [-0.15, -0.1) is 0 Å². The fourth-order valence-electron chi connectivity index (χ4n) is 3.21. The Morgan fingerprint density at radius 1 is 1.25 bits per heavy atom. The Hall–Kier alpha value is -1.13. The molecule has 0 aromatic heterocycles. The Morgan fingerprint density at radius 2 is 2.10 bits per heavy atom. The Bertz CT molecular complexity index is 466. The van der Waals surface area contributed by atoms with Crippen molar-refractivity contribution in [2.24, 2.45) is 0 Å². The number of benzene rings is 1. The molecule has 3 unspecified atom stereocenters. The molecule has 1 aliphatic carbocycles. The molecular formula is C16H22FNO2. The van der Waals surface area contributed by atoms with Gasteiger partial charge in [-0.05, 0) is 31.0 Å². The van der Waals surface area contributed by atoms with Gasteiger partial charge in [0.1, 0.15) is 17.7 Å². The third-order valence-electron chi connectivity index (χ3n) is 4.35. The van der Waals surface area contributed by atoms with Gasteiger partial charge in [-0.1, -0.05) is 19.3 Å². The minimum absolute atomic E-state index is 0.0438. The van der Waals surface area contributed by atoms with Crippen LogP contribution in [-0.4, -0.2) is 29.9 Å². The molecule has 0 spiro atoms. The fraction of sp³-hybridized carbons (Fsp3) is 0.625. The highest BCUT2D eigenvalue weighted by atomic mass is 19.1. The molecule has 20 heavy (non-hydrogen) atoms. The van der Waals surface area contributed by atoms with Crippen molar-refractivity contribution < 1.29 is 14.2 Å². The molecule has 1 aliphatic heterocycles. The normalized spacial score (nSPS) is 29.6. The van der Waals surface area contributed by atoms with Crippen LogP contribution in [0.3, 0.4) is 0 Å². The highest BCUT2D eigenvalue weighted by Crippen LogP contribution is 2.29.